The van der Waals surface area contributed by atoms with Gasteiger partial charge in [0.2, 0.25) is 5.91 Å². The van der Waals surface area contributed by atoms with Crippen molar-refractivity contribution in [1.29, 1.82) is 0 Å². The van der Waals surface area contributed by atoms with Gasteiger partial charge in [0.05, 0.1) is 17.6 Å². The van der Waals surface area contributed by atoms with Crippen LogP contribution >= 0.6 is 0 Å². The summed E-state index contributed by atoms with van der Waals surface area (Å²) in [7, 11) is 1.86. The lowest BCUT2D eigenvalue weighted by atomic mass is 10.2. The van der Waals surface area contributed by atoms with E-state index in [1.807, 2.05) is 29.9 Å². The molecule has 1 heterocycles. The number of hydrogen-bond donors (Lipinski definition) is 1. The molecule has 0 spiro atoms. The Balaban J connectivity index is 1.93. The topological polar surface area (TPSA) is 89.5 Å². The fraction of sp³-hybridized carbons (Fsp3) is 0.143. The molecule has 0 unspecified atom stereocenters. The second kappa shape index (κ2) is 6.47. The first-order valence-electron chi connectivity index (χ1n) is 6.23. The molecule has 2 rings (SSSR count). The van der Waals surface area contributed by atoms with Crippen molar-refractivity contribution in [2.45, 2.75) is 6.42 Å². The Morgan fingerprint density at radius 1 is 1.43 bits per heavy atom. The molecule has 0 aliphatic rings. The molecule has 1 amide bonds. The number of aryl methyl sites for hydroxylation is 1. The van der Waals surface area contributed by atoms with Crippen LogP contribution in [0, 0.1) is 10.1 Å². The second-order valence-corrected chi connectivity index (χ2v) is 4.43. The molecule has 0 saturated carbocycles. The summed E-state index contributed by atoms with van der Waals surface area (Å²) in [6.07, 6.45) is 3.45. The zero-order valence-electron chi connectivity index (χ0n) is 11.4. The van der Waals surface area contributed by atoms with E-state index >= 15 is 0 Å². The predicted molar refractivity (Wildman–Crippen MR) is 78.0 cm³/mol. The first kappa shape index (κ1) is 14.4. The third-order valence-electron chi connectivity index (χ3n) is 2.88. The van der Waals surface area contributed by atoms with E-state index in [0.29, 0.717) is 5.56 Å². The zero-order valence-corrected chi connectivity index (χ0v) is 11.4. The summed E-state index contributed by atoms with van der Waals surface area (Å²) in [4.78, 5) is 21.8. The molecule has 0 saturated heterocycles. The smallest absolute Gasteiger partial charge is 0.270 e. The number of nitrogens with one attached hydrogen (secondary N) is 1. The third kappa shape index (κ3) is 4.00. The largest absolute Gasteiger partial charge is 0.354 e. The standard InChI is InChI=1S/C14H14N4O3/c1-17-7-3-6-12(17)9-14(19)16-15-10-11-4-2-5-13(8-11)18(20)21/h2-8,10H,9H2,1H3,(H,16,19)/b15-10-. The number of carbonyl (C=O) groups is 1. The summed E-state index contributed by atoms with van der Waals surface area (Å²) in [5, 5.41) is 14.4. The third-order valence-corrected chi connectivity index (χ3v) is 2.88. The van der Waals surface area contributed by atoms with E-state index in [9.17, 15) is 14.9 Å². The molecule has 1 aromatic carbocycles. The number of nitro groups is 1. The number of amides is 1. The first-order valence-corrected chi connectivity index (χ1v) is 6.23. The highest BCUT2D eigenvalue weighted by molar-refractivity contribution is 5.83. The zero-order chi connectivity index (χ0) is 15.2. The molecule has 0 bridgehead atoms. The maximum absolute atomic E-state index is 11.7. The average Bonchev–Trinajstić information content (AvgIpc) is 2.84. The van der Waals surface area contributed by atoms with Crippen LogP contribution in [0.15, 0.2) is 47.7 Å². The van der Waals surface area contributed by atoms with Gasteiger partial charge in [0, 0.05) is 36.6 Å². The summed E-state index contributed by atoms with van der Waals surface area (Å²) in [6.45, 7) is 0. The molecule has 2 aromatic rings. The number of non-ortho nitro benzene ring substituents is 1. The summed E-state index contributed by atoms with van der Waals surface area (Å²) in [6, 6.07) is 9.71. The lowest BCUT2D eigenvalue weighted by Crippen LogP contribution is -2.20. The van der Waals surface area contributed by atoms with Gasteiger partial charge < -0.3 is 4.57 Å². The SMILES string of the molecule is Cn1cccc1CC(=O)N/N=C\c1cccc([N+](=O)[O-])c1. The average molecular weight is 286 g/mol. The Kier molecular flexibility index (Phi) is 4.45. The van der Waals surface area contributed by atoms with Gasteiger partial charge >= 0.3 is 0 Å². The lowest BCUT2D eigenvalue weighted by Gasteiger charge is -2.01. The summed E-state index contributed by atoms with van der Waals surface area (Å²) in [5.41, 5.74) is 3.79. The summed E-state index contributed by atoms with van der Waals surface area (Å²) >= 11 is 0. The quantitative estimate of drug-likeness (QED) is 0.514. The van der Waals surface area contributed by atoms with Gasteiger partial charge in [-0.1, -0.05) is 12.1 Å². The number of carbonyl (C=O) groups excluding carboxylic acids is 1. The number of benzene rings is 1. The van der Waals surface area contributed by atoms with Crippen molar-refractivity contribution in [3.8, 4) is 0 Å². The van der Waals surface area contributed by atoms with Crippen LogP contribution in [0.4, 0.5) is 5.69 Å². The Bertz CT molecular complexity index is 691. The van der Waals surface area contributed by atoms with Gasteiger partial charge in [0.15, 0.2) is 0 Å². The van der Waals surface area contributed by atoms with Crippen LogP contribution in [0.5, 0.6) is 0 Å². The van der Waals surface area contributed by atoms with E-state index in [2.05, 4.69) is 10.5 Å². The van der Waals surface area contributed by atoms with Gasteiger partial charge in [0.1, 0.15) is 0 Å². The van der Waals surface area contributed by atoms with Crippen molar-refractivity contribution >= 4 is 17.8 Å². The van der Waals surface area contributed by atoms with Crippen molar-refractivity contribution in [1.82, 2.24) is 9.99 Å². The maximum Gasteiger partial charge on any atom is 0.270 e. The van der Waals surface area contributed by atoms with E-state index < -0.39 is 4.92 Å². The number of aromatic nitrogens is 1. The molecule has 0 aliphatic heterocycles. The number of hydrogen-bond acceptors (Lipinski definition) is 4. The van der Waals surface area contributed by atoms with E-state index in [1.165, 1.54) is 18.3 Å². The number of nitro benzene ring substituents is 1. The van der Waals surface area contributed by atoms with Crippen LogP contribution in [0.1, 0.15) is 11.3 Å². The summed E-state index contributed by atoms with van der Waals surface area (Å²) < 4.78 is 1.85. The molecular formula is C14H14N4O3. The van der Waals surface area contributed by atoms with Crippen molar-refractivity contribution in [2.24, 2.45) is 12.1 Å². The number of hydrazone groups is 1. The Morgan fingerprint density at radius 3 is 2.90 bits per heavy atom. The maximum atomic E-state index is 11.7. The molecule has 0 atom stereocenters. The minimum Gasteiger partial charge on any atom is -0.354 e. The molecule has 1 N–H and O–H groups in total. The number of nitrogens with zero attached hydrogens (tertiary/aromatic N) is 3. The monoisotopic (exact) mass is 286 g/mol. The van der Waals surface area contributed by atoms with Gasteiger partial charge in [-0.15, -0.1) is 0 Å². The molecular weight excluding hydrogens is 272 g/mol. The van der Waals surface area contributed by atoms with Crippen LogP contribution in [0.3, 0.4) is 0 Å². The highest BCUT2D eigenvalue weighted by Gasteiger charge is 2.05. The van der Waals surface area contributed by atoms with Crippen LogP contribution in [-0.2, 0) is 18.3 Å². The first-order chi connectivity index (χ1) is 10.1. The fourth-order valence-corrected chi connectivity index (χ4v) is 1.78. The highest BCUT2D eigenvalue weighted by Crippen LogP contribution is 2.11. The molecule has 7 heteroatoms. The molecule has 0 fully saturated rings. The molecule has 0 radical (unpaired) electrons. The Labute approximate surface area is 121 Å². The summed E-state index contributed by atoms with van der Waals surface area (Å²) in [5.74, 6) is -0.251. The molecule has 1 aromatic heterocycles. The van der Waals surface area contributed by atoms with Crippen molar-refractivity contribution in [3.63, 3.8) is 0 Å². The lowest BCUT2D eigenvalue weighted by molar-refractivity contribution is -0.384. The number of rotatable bonds is 5. The predicted octanol–water partition coefficient (Wildman–Crippen LogP) is 1.63. The minimum atomic E-state index is -0.481. The van der Waals surface area contributed by atoms with Gasteiger partial charge in [-0.2, -0.15) is 5.10 Å². The van der Waals surface area contributed by atoms with Crippen molar-refractivity contribution in [3.05, 3.63) is 64.0 Å². The van der Waals surface area contributed by atoms with Crippen LogP contribution in [0.2, 0.25) is 0 Å². The van der Waals surface area contributed by atoms with Crippen molar-refractivity contribution in [2.75, 3.05) is 0 Å². The molecule has 7 nitrogen and oxygen atoms in total. The highest BCUT2D eigenvalue weighted by atomic mass is 16.6. The van der Waals surface area contributed by atoms with Gasteiger partial charge in [-0.25, -0.2) is 5.43 Å². The van der Waals surface area contributed by atoms with E-state index in [-0.39, 0.29) is 18.0 Å². The van der Waals surface area contributed by atoms with E-state index in [1.54, 1.807) is 12.1 Å². The second-order valence-electron chi connectivity index (χ2n) is 4.43. The van der Waals surface area contributed by atoms with E-state index in [4.69, 9.17) is 0 Å². The van der Waals surface area contributed by atoms with Crippen molar-refractivity contribution < 1.29 is 9.72 Å². The van der Waals surface area contributed by atoms with Gasteiger partial charge in [-0.05, 0) is 12.1 Å². The Morgan fingerprint density at radius 2 is 2.24 bits per heavy atom. The normalized spacial score (nSPS) is 10.7. The van der Waals surface area contributed by atoms with Gasteiger partial charge in [-0.3, -0.25) is 14.9 Å². The van der Waals surface area contributed by atoms with Crippen LogP contribution < -0.4 is 5.43 Å². The van der Waals surface area contributed by atoms with Gasteiger partial charge in [0.25, 0.3) is 5.69 Å². The van der Waals surface area contributed by atoms with Crippen LogP contribution in [0.25, 0.3) is 0 Å². The minimum absolute atomic E-state index is 0.0194. The van der Waals surface area contributed by atoms with E-state index in [0.717, 1.165) is 5.69 Å². The fourth-order valence-electron chi connectivity index (χ4n) is 1.78. The molecule has 108 valence electrons. The molecule has 21 heavy (non-hydrogen) atoms. The van der Waals surface area contributed by atoms with Crippen LogP contribution in [-0.4, -0.2) is 21.6 Å². The Hall–Kier alpha value is -2.96. The molecule has 0 aliphatic carbocycles.